The van der Waals surface area contributed by atoms with Crippen molar-refractivity contribution in [3.63, 3.8) is 0 Å². The quantitative estimate of drug-likeness (QED) is 0.632. The Morgan fingerprint density at radius 2 is 1.64 bits per heavy atom. The number of hydrogen-bond acceptors (Lipinski definition) is 2. The van der Waals surface area contributed by atoms with E-state index in [1.54, 1.807) is 0 Å². The number of likely N-dealkylation sites (tertiary alicyclic amines) is 2. The van der Waals surface area contributed by atoms with Crippen LogP contribution in [0.4, 0.5) is 0 Å². The molecule has 2 heteroatoms. The van der Waals surface area contributed by atoms with Crippen LogP contribution in [0.1, 0.15) is 40.0 Å². The molecule has 2 nitrogen and oxygen atoms in total. The first-order valence-electron chi connectivity index (χ1n) is 6.06. The first kappa shape index (κ1) is 10.4. The highest BCUT2D eigenvalue weighted by atomic mass is 15.3. The summed E-state index contributed by atoms with van der Waals surface area (Å²) in [5.74, 6) is 0. The Morgan fingerprint density at radius 1 is 1.00 bits per heavy atom. The van der Waals surface area contributed by atoms with Crippen LogP contribution in [0, 0.1) is 0 Å². The number of rotatable bonds is 1. The van der Waals surface area contributed by atoms with Gasteiger partial charge in [-0.1, -0.05) is 0 Å². The average Bonchev–Trinajstić information content (AvgIpc) is 2.73. The maximum Gasteiger partial charge on any atom is 0.0235 e. The second kappa shape index (κ2) is 3.82. The van der Waals surface area contributed by atoms with Gasteiger partial charge in [-0.15, -0.1) is 0 Å². The van der Waals surface area contributed by atoms with E-state index in [2.05, 4.69) is 30.6 Å². The average molecular weight is 196 g/mol. The zero-order valence-electron chi connectivity index (χ0n) is 9.92. The van der Waals surface area contributed by atoms with Crippen molar-refractivity contribution in [2.24, 2.45) is 0 Å². The molecule has 2 heterocycles. The summed E-state index contributed by atoms with van der Waals surface area (Å²) in [6.45, 7) is 12.3. The van der Waals surface area contributed by atoms with Crippen molar-refractivity contribution < 1.29 is 0 Å². The van der Waals surface area contributed by atoms with E-state index in [0.717, 1.165) is 6.04 Å². The van der Waals surface area contributed by atoms with Crippen LogP contribution in [-0.4, -0.2) is 47.6 Å². The monoisotopic (exact) mass is 196 g/mol. The second-order valence-electron chi connectivity index (χ2n) is 5.80. The van der Waals surface area contributed by atoms with Gasteiger partial charge in [0.1, 0.15) is 0 Å². The molecule has 0 aromatic heterocycles. The highest BCUT2D eigenvalue weighted by Gasteiger charge is 2.33. The molecule has 0 spiro atoms. The van der Waals surface area contributed by atoms with Gasteiger partial charge < -0.3 is 0 Å². The maximum atomic E-state index is 2.70. The molecule has 0 radical (unpaired) electrons. The molecule has 14 heavy (non-hydrogen) atoms. The third-order valence-electron chi connectivity index (χ3n) is 3.77. The summed E-state index contributed by atoms with van der Waals surface area (Å²) in [6, 6.07) is 0.858. The molecule has 0 aliphatic carbocycles. The smallest absolute Gasteiger partial charge is 0.0235 e. The van der Waals surface area contributed by atoms with Crippen molar-refractivity contribution >= 4 is 0 Å². The molecule has 2 saturated heterocycles. The third kappa shape index (κ3) is 2.12. The Balaban J connectivity index is 1.88. The fourth-order valence-electron chi connectivity index (χ4n) is 2.76. The van der Waals surface area contributed by atoms with E-state index in [0.29, 0.717) is 5.54 Å². The fourth-order valence-corrected chi connectivity index (χ4v) is 2.76. The minimum atomic E-state index is 0.370. The van der Waals surface area contributed by atoms with Gasteiger partial charge in [0.2, 0.25) is 0 Å². The SMILES string of the molecule is CC(C)(C)N1CC[C@@H](N2CCCC2)C1. The first-order chi connectivity index (χ1) is 6.57. The lowest BCUT2D eigenvalue weighted by molar-refractivity contribution is 0.153. The minimum absolute atomic E-state index is 0.370. The van der Waals surface area contributed by atoms with Gasteiger partial charge in [-0.3, -0.25) is 9.80 Å². The molecule has 2 aliphatic heterocycles. The van der Waals surface area contributed by atoms with E-state index >= 15 is 0 Å². The van der Waals surface area contributed by atoms with Gasteiger partial charge in [-0.05, 0) is 53.1 Å². The van der Waals surface area contributed by atoms with Gasteiger partial charge in [0, 0.05) is 24.7 Å². The summed E-state index contributed by atoms with van der Waals surface area (Å²) >= 11 is 0. The van der Waals surface area contributed by atoms with E-state index in [9.17, 15) is 0 Å². The molecule has 0 amide bonds. The molecular weight excluding hydrogens is 172 g/mol. The summed E-state index contributed by atoms with van der Waals surface area (Å²) in [6.07, 6.45) is 4.23. The highest BCUT2D eigenvalue weighted by molar-refractivity contribution is 4.90. The Kier molecular flexibility index (Phi) is 2.85. The Hall–Kier alpha value is -0.0800. The minimum Gasteiger partial charge on any atom is -0.299 e. The standard InChI is InChI=1S/C12H24N2/c1-12(2,3)14-9-6-11(10-14)13-7-4-5-8-13/h11H,4-10H2,1-3H3/t11-/m1/s1. The number of hydrogen-bond donors (Lipinski definition) is 0. The van der Waals surface area contributed by atoms with E-state index in [1.165, 1.54) is 45.4 Å². The van der Waals surface area contributed by atoms with Crippen LogP contribution in [0.15, 0.2) is 0 Å². The number of nitrogens with zero attached hydrogens (tertiary/aromatic N) is 2. The highest BCUT2D eigenvalue weighted by Crippen LogP contribution is 2.25. The van der Waals surface area contributed by atoms with E-state index < -0.39 is 0 Å². The molecule has 0 unspecified atom stereocenters. The lowest BCUT2D eigenvalue weighted by Crippen LogP contribution is -2.42. The van der Waals surface area contributed by atoms with Crippen LogP contribution < -0.4 is 0 Å². The zero-order valence-corrected chi connectivity index (χ0v) is 9.92. The largest absolute Gasteiger partial charge is 0.299 e. The summed E-state index contributed by atoms with van der Waals surface area (Å²) in [7, 11) is 0. The van der Waals surface area contributed by atoms with Gasteiger partial charge in [0.25, 0.3) is 0 Å². The van der Waals surface area contributed by atoms with Gasteiger partial charge in [-0.25, -0.2) is 0 Å². The molecule has 82 valence electrons. The summed E-state index contributed by atoms with van der Waals surface area (Å²) < 4.78 is 0. The van der Waals surface area contributed by atoms with Crippen molar-refractivity contribution in [3.8, 4) is 0 Å². The molecule has 2 rings (SSSR count). The summed E-state index contributed by atoms with van der Waals surface area (Å²) in [5.41, 5.74) is 0.370. The predicted octanol–water partition coefficient (Wildman–Crippen LogP) is 1.96. The third-order valence-corrected chi connectivity index (χ3v) is 3.77. The molecule has 2 aliphatic rings. The molecule has 0 saturated carbocycles. The van der Waals surface area contributed by atoms with Crippen LogP contribution in [0.5, 0.6) is 0 Å². The predicted molar refractivity (Wildman–Crippen MR) is 60.5 cm³/mol. The van der Waals surface area contributed by atoms with Crippen molar-refractivity contribution in [1.82, 2.24) is 9.80 Å². The lowest BCUT2D eigenvalue weighted by Gasteiger charge is -2.32. The second-order valence-corrected chi connectivity index (χ2v) is 5.80. The summed E-state index contributed by atoms with van der Waals surface area (Å²) in [4.78, 5) is 5.34. The molecule has 1 atom stereocenters. The molecular formula is C12H24N2. The van der Waals surface area contributed by atoms with Crippen molar-refractivity contribution in [2.45, 2.75) is 51.6 Å². The van der Waals surface area contributed by atoms with Crippen LogP contribution in [0.25, 0.3) is 0 Å². The van der Waals surface area contributed by atoms with Crippen LogP contribution in [0.3, 0.4) is 0 Å². The Bertz CT molecular complexity index is 189. The molecule has 2 fully saturated rings. The van der Waals surface area contributed by atoms with Gasteiger partial charge in [0.15, 0.2) is 0 Å². The maximum absolute atomic E-state index is 2.70. The topological polar surface area (TPSA) is 6.48 Å². The normalized spacial score (nSPS) is 31.5. The van der Waals surface area contributed by atoms with Gasteiger partial charge >= 0.3 is 0 Å². The zero-order chi connectivity index (χ0) is 10.2. The van der Waals surface area contributed by atoms with Crippen LogP contribution >= 0.6 is 0 Å². The Morgan fingerprint density at radius 3 is 2.14 bits per heavy atom. The Labute approximate surface area is 88.3 Å². The van der Waals surface area contributed by atoms with Crippen LogP contribution in [-0.2, 0) is 0 Å². The summed E-state index contributed by atoms with van der Waals surface area (Å²) in [5, 5.41) is 0. The van der Waals surface area contributed by atoms with Gasteiger partial charge in [-0.2, -0.15) is 0 Å². The van der Waals surface area contributed by atoms with E-state index in [4.69, 9.17) is 0 Å². The lowest BCUT2D eigenvalue weighted by atomic mass is 10.1. The van der Waals surface area contributed by atoms with Crippen molar-refractivity contribution in [2.75, 3.05) is 26.2 Å². The van der Waals surface area contributed by atoms with Crippen LogP contribution in [0.2, 0.25) is 0 Å². The fraction of sp³-hybridized carbons (Fsp3) is 1.00. The van der Waals surface area contributed by atoms with E-state index in [1.807, 2.05) is 0 Å². The molecule has 0 aromatic rings. The van der Waals surface area contributed by atoms with E-state index in [-0.39, 0.29) is 0 Å². The van der Waals surface area contributed by atoms with Crippen molar-refractivity contribution in [3.05, 3.63) is 0 Å². The first-order valence-corrected chi connectivity index (χ1v) is 6.06. The molecule has 0 bridgehead atoms. The molecule has 0 N–H and O–H groups in total. The molecule has 0 aromatic carbocycles. The van der Waals surface area contributed by atoms with Crippen molar-refractivity contribution in [1.29, 1.82) is 0 Å². The van der Waals surface area contributed by atoms with Gasteiger partial charge in [0.05, 0.1) is 0 Å².